The van der Waals surface area contributed by atoms with Crippen molar-refractivity contribution >= 4 is 24.5 Å². The van der Waals surface area contributed by atoms with Crippen LogP contribution in [-0.4, -0.2) is 40.0 Å². The Kier molecular flexibility index (Phi) is 5.51. The number of carbonyl (C=O) groups is 2. The number of rotatable bonds is 6. The fourth-order valence-electron chi connectivity index (χ4n) is 1.05. The van der Waals surface area contributed by atoms with E-state index in [1.54, 1.807) is 0 Å². The van der Waals surface area contributed by atoms with Gasteiger partial charge in [-0.1, -0.05) is 0 Å². The SMILES string of the molecule is NC(=O)CC(C(O)CS)[C@H](N)C(=O)O. The molecule has 0 aromatic carbocycles. The van der Waals surface area contributed by atoms with E-state index in [1.165, 1.54) is 0 Å². The first-order chi connectivity index (χ1) is 6.40. The fourth-order valence-corrected chi connectivity index (χ4v) is 1.32. The van der Waals surface area contributed by atoms with E-state index in [-0.39, 0.29) is 12.2 Å². The van der Waals surface area contributed by atoms with Crippen molar-refractivity contribution in [2.45, 2.75) is 18.6 Å². The topological polar surface area (TPSA) is 127 Å². The molecule has 0 fully saturated rings. The van der Waals surface area contributed by atoms with E-state index in [0.717, 1.165) is 0 Å². The van der Waals surface area contributed by atoms with Crippen molar-refractivity contribution in [3.05, 3.63) is 0 Å². The van der Waals surface area contributed by atoms with Crippen LogP contribution in [0.2, 0.25) is 0 Å². The van der Waals surface area contributed by atoms with Gasteiger partial charge in [-0.25, -0.2) is 0 Å². The zero-order chi connectivity index (χ0) is 11.3. The molecule has 3 atom stereocenters. The Morgan fingerprint density at radius 3 is 2.21 bits per heavy atom. The van der Waals surface area contributed by atoms with Crippen molar-refractivity contribution < 1.29 is 19.8 Å². The van der Waals surface area contributed by atoms with Gasteiger partial charge in [0.15, 0.2) is 0 Å². The molecule has 0 heterocycles. The number of nitrogens with two attached hydrogens (primary N) is 2. The summed E-state index contributed by atoms with van der Waals surface area (Å²) in [5.41, 5.74) is 10.2. The lowest BCUT2D eigenvalue weighted by atomic mass is 9.91. The normalized spacial score (nSPS) is 17.1. The molecule has 0 saturated heterocycles. The molecule has 0 aromatic rings. The molecule has 0 saturated carbocycles. The van der Waals surface area contributed by atoms with Crippen molar-refractivity contribution in [1.82, 2.24) is 0 Å². The maximum absolute atomic E-state index is 10.6. The van der Waals surface area contributed by atoms with Gasteiger partial charge in [-0.15, -0.1) is 0 Å². The summed E-state index contributed by atoms with van der Waals surface area (Å²) in [5.74, 6) is -2.86. The molecule has 0 spiro atoms. The number of carbonyl (C=O) groups excluding carboxylic acids is 1. The minimum Gasteiger partial charge on any atom is -0.480 e. The Morgan fingerprint density at radius 2 is 1.93 bits per heavy atom. The zero-order valence-corrected chi connectivity index (χ0v) is 8.35. The van der Waals surface area contributed by atoms with Gasteiger partial charge in [0, 0.05) is 18.1 Å². The van der Waals surface area contributed by atoms with Crippen LogP contribution in [0.3, 0.4) is 0 Å². The Morgan fingerprint density at radius 1 is 1.43 bits per heavy atom. The third-order valence-corrected chi connectivity index (χ3v) is 2.24. The molecule has 0 aromatic heterocycles. The van der Waals surface area contributed by atoms with Crippen LogP contribution in [0.25, 0.3) is 0 Å². The number of hydrogen-bond acceptors (Lipinski definition) is 5. The number of amides is 1. The van der Waals surface area contributed by atoms with Crippen LogP contribution in [-0.2, 0) is 9.59 Å². The Balaban J connectivity index is 4.53. The van der Waals surface area contributed by atoms with Crippen LogP contribution < -0.4 is 11.5 Å². The average molecular weight is 222 g/mol. The Bertz CT molecular complexity index is 224. The van der Waals surface area contributed by atoms with Crippen LogP contribution in [0.5, 0.6) is 0 Å². The first-order valence-corrected chi connectivity index (χ1v) is 4.59. The predicted molar refractivity (Wildman–Crippen MR) is 52.8 cm³/mol. The number of primary amides is 1. The molecule has 14 heavy (non-hydrogen) atoms. The van der Waals surface area contributed by atoms with Crippen LogP contribution in [0.1, 0.15) is 6.42 Å². The van der Waals surface area contributed by atoms with E-state index in [2.05, 4.69) is 12.6 Å². The molecule has 0 radical (unpaired) electrons. The van der Waals surface area contributed by atoms with Gasteiger partial charge < -0.3 is 21.7 Å². The maximum Gasteiger partial charge on any atom is 0.320 e. The molecule has 0 bridgehead atoms. The second-order valence-electron chi connectivity index (χ2n) is 2.95. The summed E-state index contributed by atoms with van der Waals surface area (Å²) in [5, 5.41) is 18.0. The molecule has 82 valence electrons. The van der Waals surface area contributed by atoms with E-state index < -0.39 is 29.9 Å². The van der Waals surface area contributed by atoms with Gasteiger partial charge >= 0.3 is 5.97 Å². The minimum atomic E-state index is -1.32. The molecule has 6 N–H and O–H groups in total. The van der Waals surface area contributed by atoms with Crippen molar-refractivity contribution in [1.29, 1.82) is 0 Å². The molecule has 0 aliphatic rings. The summed E-state index contributed by atoms with van der Waals surface area (Å²) in [6.45, 7) is 0. The quantitative estimate of drug-likeness (QED) is 0.338. The predicted octanol–water partition coefficient (Wildman–Crippen LogP) is -1.82. The van der Waals surface area contributed by atoms with Gasteiger partial charge in [0.1, 0.15) is 6.04 Å². The highest BCUT2D eigenvalue weighted by atomic mass is 32.1. The monoisotopic (exact) mass is 222 g/mol. The van der Waals surface area contributed by atoms with Crippen molar-refractivity contribution in [2.24, 2.45) is 17.4 Å². The lowest BCUT2D eigenvalue weighted by Gasteiger charge is -2.23. The largest absolute Gasteiger partial charge is 0.480 e. The van der Waals surface area contributed by atoms with E-state index in [9.17, 15) is 14.7 Å². The number of aliphatic hydroxyl groups is 1. The summed E-state index contributed by atoms with van der Waals surface area (Å²) in [6, 6.07) is -1.32. The second kappa shape index (κ2) is 5.84. The summed E-state index contributed by atoms with van der Waals surface area (Å²) >= 11 is 3.79. The third-order valence-electron chi connectivity index (χ3n) is 1.86. The van der Waals surface area contributed by atoms with E-state index in [1.807, 2.05) is 0 Å². The summed E-state index contributed by atoms with van der Waals surface area (Å²) < 4.78 is 0. The van der Waals surface area contributed by atoms with E-state index in [4.69, 9.17) is 16.6 Å². The highest BCUT2D eigenvalue weighted by Gasteiger charge is 2.31. The van der Waals surface area contributed by atoms with Gasteiger partial charge in [-0.3, -0.25) is 9.59 Å². The molecular weight excluding hydrogens is 208 g/mol. The molecular formula is C7H14N2O4S. The number of aliphatic hydroxyl groups excluding tert-OH is 1. The van der Waals surface area contributed by atoms with Crippen LogP contribution in [0.4, 0.5) is 0 Å². The van der Waals surface area contributed by atoms with E-state index in [0.29, 0.717) is 0 Å². The standard InChI is InChI=1S/C7H14N2O4S/c8-5(11)1-3(4(10)2-14)6(9)7(12)13/h3-4,6,10,14H,1-2,9H2,(H2,8,11)(H,12,13)/t3?,4?,6-/m0/s1. The molecule has 0 aliphatic carbocycles. The maximum atomic E-state index is 10.6. The Labute approximate surface area is 86.7 Å². The summed E-state index contributed by atoms with van der Waals surface area (Å²) in [7, 11) is 0. The smallest absolute Gasteiger partial charge is 0.320 e. The third kappa shape index (κ3) is 3.95. The molecule has 6 nitrogen and oxygen atoms in total. The second-order valence-corrected chi connectivity index (χ2v) is 3.31. The highest BCUT2D eigenvalue weighted by molar-refractivity contribution is 7.80. The van der Waals surface area contributed by atoms with Crippen molar-refractivity contribution in [3.8, 4) is 0 Å². The molecule has 1 amide bonds. The number of aliphatic carboxylic acids is 1. The lowest BCUT2D eigenvalue weighted by Crippen LogP contribution is -2.46. The summed E-state index contributed by atoms with van der Waals surface area (Å²) in [4.78, 5) is 21.1. The van der Waals surface area contributed by atoms with Gasteiger partial charge in [-0.05, 0) is 0 Å². The number of thiol groups is 1. The minimum absolute atomic E-state index is 0.0267. The first-order valence-electron chi connectivity index (χ1n) is 3.95. The molecule has 7 heteroatoms. The summed E-state index contributed by atoms with van der Waals surface area (Å²) in [6.07, 6.45) is -1.33. The van der Waals surface area contributed by atoms with Crippen molar-refractivity contribution in [3.63, 3.8) is 0 Å². The number of carboxylic acid groups (broad SMARTS) is 1. The van der Waals surface area contributed by atoms with Crippen LogP contribution in [0, 0.1) is 5.92 Å². The van der Waals surface area contributed by atoms with Gasteiger partial charge in [0.25, 0.3) is 0 Å². The Hall–Kier alpha value is -0.790. The van der Waals surface area contributed by atoms with Crippen LogP contribution in [0.15, 0.2) is 0 Å². The first kappa shape index (κ1) is 13.2. The molecule has 2 unspecified atom stereocenters. The average Bonchev–Trinajstić information content (AvgIpc) is 2.11. The van der Waals surface area contributed by atoms with Gasteiger partial charge in [-0.2, -0.15) is 12.6 Å². The van der Waals surface area contributed by atoms with Crippen molar-refractivity contribution in [2.75, 3.05) is 5.75 Å². The van der Waals surface area contributed by atoms with Gasteiger partial charge in [0.2, 0.25) is 5.91 Å². The number of carboxylic acids is 1. The van der Waals surface area contributed by atoms with Crippen LogP contribution >= 0.6 is 12.6 Å². The molecule has 0 aliphatic heterocycles. The highest BCUT2D eigenvalue weighted by Crippen LogP contribution is 2.14. The zero-order valence-electron chi connectivity index (χ0n) is 7.46. The molecule has 0 rings (SSSR count). The van der Waals surface area contributed by atoms with Gasteiger partial charge in [0.05, 0.1) is 6.10 Å². The lowest BCUT2D eigenvalue weighted by molar-refractivity contribution is -0.141. The van der Waals surface area contributed by atoms with E-state index >= 15 is 0 Å². The number of hydrogen-bond donors (Lipinski definition) is 5. The fraction of sp³-hybridized carbons (Fsp3) is 0.714.